The molecule has 0 bridgehead atoms. The topological polar surface area (TPSA) is 104 Å². The fraction of sp³-hybridized carbons (Fsp3) is 0.100. The molecule has 3 aromatic rings. The maximum absolute atomic E-state index is 12.7. The molecular weight excluding hydrogens is 344 g/mol. The van der Waals surface area contributed by atoms with Gasteiger partial charge in [-0.2, -0.15) is 4.98 Å². The normalized spacial score (nSPS) is 10.4. The van der Waals surface area contributed by atoms with E-state index in [2.05, 4.69) is 20.6 Å². The van der Waals surface area contributed by atoms with Gasteiger partial charge in [-0.3, -0.25) is 9.59 Å². The van der Waals surface area contributed by atoms with E-state index in [0.29, 0.717) is 0 Å². The van der Waals surface area contributed by atoms with Crippen LogP contribution in [0.2, 0.25) is 0 Å². The quantitative estimate of drug-likeness (QED) is 0.644. The van der Waals surface area contributed by atoms with Crippen LogP contribution in [0.1, 0.15) is 38.1 Å². The number of hydrogen-bond acceptors (Lipinski definition) is 5. The Labute approximate surface area is 156 Å². The Morgan fingerprint density at radius 2 is 1.48 bits per heavy atom. The molecule has 2 aromatic carbocycles. The third kappa shape index (κ3) is 4.09. The Morgan fingerprint density at radius 1 is 0.926 bits per heavy atom. The molecule has 2 amide bonds. The van der Waals surface area contributed by atoms with Gasteiger partial charge in [0.05, 0.1) is 6.04 Å². The van der Waals surface area contributed by atoms with Gasteiger partial charge in [0.25, 0.3) is 11.8 Å². The van der Waals surface area contributed by atoms with E-state index in [1.165, 1.54) is 7.05 Å². The summed E-state index contributed by atoms with van der Waals surface area (Å²) in [6.07, 6.45) is 1.13. The van der Waals surface area contributed by atoms with E-state index in [1.54, 1.807) is 0 Å². The predicted molar refractivity (Wildman–Crippen MR) is 99.3 cm³/mol. The van der Waals surface area contributed by atoms with Crippen molar-refractivity contribution in [3.63, 3.8) is 0 Å². The van der Waals surface area contributed by atoms with E-state index in [9.17, 15) is 14.7 Å². The van der Waals surface area contributed by atoms with Crippen molar-refractivity contribution in [2.45, 2.75) is 6.04 Å². The number of benzene rings is 2. The summed E-state index contributed by atoms with van der Waals surface area (Å²) in [5.41, 5.74) is 1.67. The Kier molecular flexibility index (Phi) is 5.41. The number of aromatic nitrogens is 2. The molecule has 1 heterocycles. The average molecular weight is 362 g/mol. The molecule has 3 rings (SSSR count). The van der Waals surface area contributed by atoms with E-state index in [0.717, 1.165) is 17.3 Å². The molecule has 7 nitrogen and oxygen atoms in total. The second-order valence-electron chi connectivity index (χ2n) is 5.74. The molecule has 136 valence electrons. The van der Waals surface area contributed by atoms with Crippen molar-refractivity contribution in [1.29, 1.82) is 0 Å². The van der Waals surface area contributed by atoms with Gasteiger partial charge in [-0.05, 0) is 11.1 Å². The maximum Gasteiger partial charge on any atom is 0.288 e. The number of carbonyl (C=O) groups is 2. The van der Waals surface area contributed by atoms with Gasteiger partial charge in [-0.25, -0.2) is 4.98 Å². The molecule has 1 aromatic heterocycles. The lowest BCUT2D eigenvalue weighted by molar-refractivity contribution is 0.0927. The lowest BCUT2D eigenvalue weighted by Crippen LogP contribution is -2.30. The third-order valence-corrected chi connectivity index (χ3v) is 3.98. The van der Waals surface area contributed by atoms with Gasteiger partial charge >= 0.3 is 0 Å². The molecule has 3 N–H and O–H groups in total. The van der Waals surface area contributed by atoms with Crippen LogP contribution in [0.15, 0.2) is 66.9 Å². The first-order valence-corrected chi connectivity index (χ1v) is 8.29. The van der Waals surface area contributed by atoms with Gasteiger partial charge in [0.2, 0.25) is 11.7 Å². The summed E-state index contributed by atoms with van der Waals surface area (Å²) in [5, 5.41) is 15.3. The van der Waals surface area contributed by atoms with Crippen LogP contribution in [0.4, 0.5) is 0 Å². The average Bonchev–Trinajstić information content (AvgIpc) is 2.72. The van der Waals surface area contributed by atoms with Gasteiger partial charge in [-0.15, -0.1) is 0 Å². The lowest BCUT2D eigenvalue weighted by atomic mass is 9.98. The van der Waals surface area contributed by atoms with E-state index < -0.39 is 23.7 Å². The Balaban J connectivity index is 1.90. The fourth-order valence-corrected chi connectivity index (χ4v) is 2.61. The minimum absolute atomic E-state index is 0.112. The van der Waals surface area contributed by atoms with E-state index in [1.807, 2.05) is 60.7 Å². The summed E-state index contributed by atoms with van der Waals surface area (Å²) >= 11 is 0. The molecule has 0 aliphatic rings. The molecule has 0 fully saturated rings. The first kappa shape index (κ1) is 18.1. The molecule has 0 atom stereocenters. The van der Waals surface area contributed by atoms with E-state index in [4.69, 9.17) is 0 Å². The summed E-state index contributed by atoms with van der Waals surface area (Å²) in [6.45, 7) is 0. The van der Waals surface area contributed by atoms with Crippen LogP contribution in [-0.4, -0.2) is 33.9 Å². The molecule has 0 aliphatic carbocycles. The summed E-state index contributed by atoms with van der Waals surface area (Å²) in [5.74, 6) is -1.87. The molecule has 0 unspecified atom stereocenters. The summed E-state index contributed by atoms with van der Waals surface area (Å²) < 4.78 is 0. The number of aromatic hydroxyl groups is 1. The smallest absolute Gasteiger partial charge is 0.288 e. The van der Waals surface area contributed by atoms with Gasteiger partial charge in [0.15, 0.2) is 0 Å². The molecule has 0 radical (unpaired) electrons. The summed E-state index contributed by atoms with van der Waals surface area (Å²) in [4.78, 5) is 31.8. The van der Waals surface area contributed by atoms with Crippen molar-refractivity contribution in [3.8, 4) is 5.88 Å². The standard InChI is InChI=1S/C20H18N4O3/c1-21-20(27)17-22-12-15(19(26)24-17)18(25)23-16(13-8-4-2-5-9-13)14-10-6-3-7-11-14/h2-12,16H,1H3,(H,21,27)(H,23,25)(H,22,24,26). The zero-order valence-corrected chi connectivity index (χ0v) is 14.6. The molecule has 0 saturated carbocycles. The van der Waals surface area contributed by atoms with Crippen molar-refractivity contribution in [2.75, 3.05) is 7.05 Å². The molecule has 7 heteroatoms. The molecule has 0 saturated heterocycles. The number of hydrogen-bond donors (Lipinski definition) is 3. The second kappa shape index (κ2) is 8.09. The predicted octanol–water partition coefficient (Wildman–Crippen LogP) is 2.06. The van der Waals surface area contributed by atoms with Gasteiger partial charge < -0.3 is 15.7 Å². The van der Waals surface area contributed by atoms with Crippen molar-refractivity contribution in [3.05, 3.63) is 89.4 Å². The number of carbonyl (C=O) groups excluding carboxylic acids is 2. The third-order valence-electron chi connectivity index (χ3n) is 3.98. The van der Waals surface area contributed by atoms with E-state index >= 15 is 0 Å². The molecule has 0 aliphatic heterocycles. The Hall–Kier alpha value is -3.74. The first-order chi connectivity index (χ1) is 13.1. The molecular formula is C20H18N4O3. The summed E-state index contributed by atoms with van der Waals surface area (Å²) in [6, 6.07) is 18.5. The highest BCUT2D eigenvalue weighted by Gasteiger charge is 2.21. The largest absolute Gasteiger partial charge is 0.493 e. The van der Waals surface area contributed by atoms with Gasteiger partial charge in [0.1, 0.15) is 5.56 Å². The number of nitrogens with zero attached hydrogens (tertiary/aromatic N) is 2. The van der Waals surface area contributed by atoms with Crippen molar-refractivity contribution >= 4 is 11.8 Å². The Bertz CT molecular complexity index is 906. The zero-order chi connectivity index (χ0) is 19.2. The van der Waals surface area contributed by atoms with Crippen molar-refractivity contribution in [2.24, 2.45) is 0 Å². The first-order valence-electron chi connectivity index (χ1n) is 8.29. The number of nitrogens with one attached hydrogen (secondary N) is 2. The van der Waals surface area contributed by atoms with Gasteiger partial charge in [0, 0.05) is 13.2 Å². The van der Waals surface area contributed by atoms with Crippen molar-refractivity contribution in [1.82, 2.24) is 20.6 Å². The zero-order valence-electron chi connectivity index (χ0n) is 14.6. The second-order valence-corrected chi connectivity index (χ2v) is 5.74. The highest BCUT2D eigenvalue weighted by molar-refractivity contribution is 5.97. The number of rotatable bonds is 5. The van der Waals surface area contributed by atoms with Gasteiger partial charge in [-0.1, -0.05) is 60.7 Å². The minimum atomic E-state index is -0.555. The van der Waals surface area contributed by atoms with Crippen LogP contribution in [-0.2, 0) is 0 Å². The molecule has 0 spiro atoms. The Morgan fingerprint density at radius 3 is 1.96 bits per heavy atom. The molecule has 27 heavy (non-hydrogen) atoms. The monoisotopic (exact) mass is 362 g/mol. The fourth-order valence-electron chi connectivity index (χ4n) is 2.61. The van der Waals surface area contributed by atoms with Crippen LogP contribution in [0, 0.1) is 0 Å². The van der Waals surface area contributed by atoms with Crippen molar-refractivity contribution < 1.29 is 14.7 Å². The SMILES string of the molecule is CNC(=O)c1ncc(C(=O)NC(c2ccccc2)c2ccccc2)c(O)n1. The van der Waals surface area contributed by atoms with Crippen LogP contribution >= 0.6 is 0 Å². The van der Waals surface area contributed by atoms with E-state index in [-0.39, 0.29) is 11.4 Å². The maximum atomic E-state index is 12.7. The van der Waals surface area contributed by atoms with Crippen LogP contribution in [0.5, 0.6) is 5.88 Å². The highest BCUT2D eigenvalue weighted by atomic mass is 16.3. The summed E-state index contributed by atoms with van der Waals surface area (Å²) in [7, 11) is 1.42. The van der Waals surface area contributed by atoms with Crippen LogP contribution in [0.25, 0.3) is 0 Å². The lowest BCUT2D eigenvalue weighted by Gasteiger charge is -2.20. The number of amides is 2. The highest BCUT2D eigenvalue weighted by Crippen LogP contribution is 2.23. The minimum Gasteiger partial charge on any atom is -0.493 e. The van der Waals surface area contributed by atoms with Crippen LogP contribution < -0.4 is 10.6 Å². The van der Waals surface area contributed by atoms with Crippen LogP contribution in [0.3, 0.4) is 0 Å².